The van der Waals surface area contributed by atoms with Gasteiger partial charge in [0.2, 0.25) is 0 Å². The topological polar surface area (TPSA) is 9.23 Å². The first-order valence-corrected chi connectivity index (χ1v) is 5.60. The fraction of sp³-hybridized carbons (Fsp3) is 0.500. The molecule has 0 N–H and O–H groups in total. The molecule has 0 fully saturated rings. The molecule has 2 heteroatoms. The first-order valence-electron chi connectivity index (χ1n) is 4.96. The van der Waals surface area contributed by atoms with Gasteiger partial charge in [0.25, 0.3) is 0 Å². The molecular weight excluding hydrogens is 192 g/mol. The summed E-state index contributed by atoms with van der Waals surface area (Å²) in [4.78, 5) is 0. The molecule has 1 aromatic rings. The van der Waals surface area contributed by atoms with Crippen LogP contribution in [-0.2, 0) is 6.42 Å². The monoisotopic (exact) mass is 210 g/mol. The van der Waals surface area contributed by atoms with Crippen LogP contribution < -0.4 is 4.74 Å². The maximum absolute atomic E-state index is 5.30. The van der Waals surface area contributed by atoms with Gasteiger partial charge in [-0.2, -0.15) is 12.6 Å². The first kappa shape index (κ1) is 11.4. The Morgan fingerprint density at radius 2 is 2.07 bits per heavy atom. The summed E-state index contributed by atoms with van der Waals surface area (Å²) >= 11 is 4.25. The Morgan fingerprint density at radius 3 is 2.57 bits per heavy atom. The van der Waals surface area contributed by atoms with Gasteiger partial charge in [-0.15, -0.1) is 0 Å². The number of thiol groups is 1. The van der Waals surface area contributed by atoms with E-state index in [1.807, 2.05) is 6.07 Å². The predicted octanol–water partition coefficient (Wildman–Crippen LogP) is 3.29. The normalized spacial score (nSPS) is 10.6. The van der Waals surface area contributed by atoms with Gasteiger partial charge in [-0.3, -0.25) is 0 Å². The SMILES string of the molecule is COc1ccc(C(C)C)cc1CCS. The van der Waals surface area contributed by atoms with E-state index in [1.54, 1.807) is 7.11 Å². The van der Waals surface area contributed by atoms with E-state index in [0.29, 0.717) is 5.92 Å². The number of hydrogen-bond acceptors (Lipinski definition) is 2. The van der Waals surface area contributed by atoms with E-state index >= 15 is 0 Å². The summed E-state index contributed by atoms with van der Waals surface area (Å²) < 4.78 is 5.30. The van der Waals surface area contributed by atoms with E-state index in [9.17, 15) is 0 Å². The number of ether oxygens (including phenoxy) is 1. The quantitative estimate of drug-likeness (QED) is 0.750. The van der Waals surface area contributed by atoms with Gasteiger partial charge < -0.3 is 4.74 Å². The van der Waals surface area contributed by atoms with E-state index in [4.69, 9.17) is 4.74 Å². The van der Waals surface area contributed by atoms with Crippen LogP contribution in [0.5, 0.6) is 5.75 Å². The highest BCUT2D eigenvalue weighted by atomic mass is 32.1. The molecule has 0 aliphatic rings. The fourth-order valence-electron chi connectivity index (χ4n) is 1.47. The van der Waals surface area contributed by atoms with Crippen molar-refractivity contribution in [2.75, 3.05) is 12.9 Å². The van der Waals surface area contributed by atoms with Crippen LogP contribution >= 0.6 is 12.6 Å². The standard InChI is InChI=1S/C12H18OS/c1-9(2)10-4-5-12(13-3)11(8-10)6-7-14/h4-5,8-9,14H,6-7H2,1-3H3. The molecule has 1 aromatic carbocycles. The summed E-state index contributed by atoms with van der Waals surface area (Å²) in [6, 6.07) is 6.40. The minimum atomic E-state index is 0.569. The molecule has 0 heterocycles. The summed E-state index contributed by atoms with van der Waals surface area (Å²) in [7, 11) is 1.71. The Labute approximate surface area is 91.9 Å². The average molecular weight is 210 g/mol. The third-order valence-electron chi connectivity index (χ3n) is 2.35. The van der Waals surface area contributed by atoms with Crippen LogP contribution in [0.4, 0.5) is 0 Å². The van der Waals surface area contributed by atoms with Gasteiger partial charge in [0.15, 0.2) is 0 Å². The van der Waals surface area contributed by atoms with Crippen LogP contribution in [0.1, 0.15) is 30.9 Å². The smallest absolute Gasteiger partial charge is 0.122 e. The largest absolute Gasteiger partial charge is 0.496 e. The molecular formula is C12H18OS. The summed E-state index contributed by atoms with van der Waals surface area (Å²) in [5.41, 5.74) is 2.62. The third-order valence-corrected chi connectivity index (χ3v) is 2.58. The summed E-state index contributed by atoms with van der Waals surface area (Å²) in [6.45, 7) is 4.40. The molecule has 0 spiro atoms. The van der Waals surface area contributed by atoms with Gasteiger partial charge in [-0.1, -0.05) is 26.0 Å². The second kappa shape index (κ2) is 5.30. The number of methoxy groups -OCH3 is 1. The van der Waals surface area contributed by atoms with Crippen molar-refractivity contribution in [2.45, 2.75) is 26.2 Å². The van der Waals surface area contributed by atoms with Crippen molar-refractivity contribution in [1.82, 2.24) is 0 Å². The lowest BCUT2D eigenvalue weighted by Gasteiger charge is -2.11. The summed E-state index contributed by atoms with van der Waals surface area (Å²) in [6.07, 6.45) is 0.965. The Bertz CT molecular complexity index is 294. The maximum Gasteiger partial charge on any atom is 0.122 e. The number of rotatable bonds is 4. The molecule has 0 bridgehead atoms. The zero-order valence-electron chi connectivity index (χ0n) is 9.08. The molecule has 0 aliphatic heterocycles. The first-order chi connectivity index (χ1) is 6.69. The van der Waals surface area contributed by atoms with Crippen molar-refractivity contribution in [1.29, 1.82) is 0 Å². The van der Waals surface area contributed by atoms with Crippen molar-refractivity contribution in [3.05, 3.63) is 29.3 Å². The van der Waals surface area contributed by atoms with Gasteiger partial charge in [0.1, 0.15) is 5.75 Å². The molecule has 0 saturated carbocycles. The Balaban J connectivity index is 3.01. The zero-order valence-corrected chi connectivity index (χ0v) is 9.97. The third kappa shape index (κ3) is 2.68. The van der Waals surface area contributed by atoms with Crippen LogP contribution in [0.2, 0.25) is 0 Å². The van der Waals surface area contributed by atoms with Crippen molar-refractivity contribution >= 4 is 12.6 Å². The van der Waals surface area contributed by atoms with E-state index in [-0.39, 0.29) is 0 Å². The van der Waals surface area contributed by atoms with Gasteiger partial charge in [0, 0.05) is 0 Å². The second-order valence-electron chi connectivity index (χ2n) is 3.70. The average Bonchev–Trinajstić information content (AvgIpc) is 2.18. The molecule has 0 aliphatic carbocycles. The minimum Gasteiger partial charge on any atom is -0.496 e. The Morgan fingerprint density at radius 1 is 1.36 bits per heavy atom. The number of benzene rings is 1. The van der Waals surface area contributed by atoms with Gasteiger partial charge in [0.05, 0.1) is 7.11 Å². The molecule has 0 aromatic heterocycles. The molecule has 78 valence electrons. The van der Waals surface area contributed by atoms with Crippen LogP contribution in [-0.4, -0.2) is 12.9 Å². The molecule has 0 saturated heterocycles. The zero-order chi connectivity index (χ0) is 10.6. The summed E-state index contributed by atoms with van der Waals surface area (Å²) in [5.74, 6) is 2.40. The van der Waals surface area contributed by atoms with Gasteiger partial charge >= 0.3 is 0 Å². The van der Waals surface area contributed by atoms with Crippen LogP contribution in [0.25, 0.3) is 0 Å². The van der Waals surface area contributed by atoms with E-state index in [1.165, 1.54) is 11.1 Å². The highest BCUT2D eigenvalue weighted by Crippen LogP contribution is 2.24. The molecule has 1 nitrogen and oxygen atoms in total. The number of hydrogen-bond donors (Lipinski definition) is 1. The molecule has 0 radical (unpaired) electrons. The van der Waals surface area contributed by atoms with E-state index in [0.717, 1.165) is 17.9 Å². The molecule has 14 heavy (non-hydrogen) atoms. The van der Waals surface area contributed by atoms with E-state index in [2.05, 4.69) is 38.6 Å². The minimum absolute atomic E-state index is 0.569. The van der Waals surface area contributed by atoms with Crippen molar-refractivity contribution in [3.63, 3.8) is 0 Å². The van der Waals surface area contributed by atoms with Crippen LogP contribution in [0.15, 0.2) is 18.2 Å². The second-order valence-corrected chi connectivity index (χ2v) is 4.15. The highest BCUT2D eigenvalue weighted by Gasteiger charge is 2.05. The van der Waals surface area contributed by atoms with Crippen LogP contribution in [0.3, 0.4) is 0 Å². The Kier molecular flexibility index (Phi) is 4.33. The molecule has 0 atom stereocenters. The molecule has 0 amide bonds. The highest BCUT2D eigenvalue weighted by molar-refractivity contribution is 7.80. The lowest BCUT2D eigenvalue weighted by Crippen LogP contribution is -1.96. The fourth-order valence-corrected chi connectivity index (χ4v) is 1.71. The Hall–Kier alpha value is -0.630. The predicted molar refractivity (Wildman–Crippen MR) is 64.6 cm³/mol. The van der Waals surface area contributed by atoms with Crippen molar-refractivity contribution in [3.8, 4) is 5.75 Å². The molecule has 1 rings (SSSR count). The number of aryl methyl sites for hydroxylation is 1. The maximum atomic E-state index is 5.30. The van der Waals surface area contributed by atoms with Crippen molar-refractivity contribution < 1.29 is 4.74 Å². The van der Waals surface area contributed by atoms with Gasteiger partial charge in [-0.25, -0.2) is 0 Å². The van der Waals surface area contributed by atoms with Crippen LogP contribution in [0, 0.1) is 0 Å². The van der Waals surface area contributed by atoms with Gasteiger partial charge in [-0.05, 0) is 35.3 Å². The molecule has 0 unspecified atom stereocenters. The summed E-state index contributed by atoms with van der Waals surface area (Å²) in [5, 5.41) is 0. The van der Waals surface area contributed by atoms with E-state index < -0.39 is 0 Å². The lowest BCUT2D eigenvalue weighted by molar-refractivity contribution is 0.410. The van der Waals surface area contributed by atoms with Crippen molar-refractivity contribution in [2.24, 2.45) is 0 Å². The lowest BCUT2D eigenvalue weighted by atomic mass is 9.99.